The minimum atomic E-state index is -0.167. The topological polar surface area (TPSA) is 37.4 Å². The van der Waals surface area contributed by atoms with Crippen LogP contribution in [0.25, 0.3) is 0 Å². The molecule has 2 rings (SSSR count). The van der Waals surface area contributed by atoms with E-state index in [0.717, 1.165) is 4.43 Å². The summed E-state index contributed by atoms with van der Waals surface area (Å²) < 4.78 is 0.753. The minimum Gasteiger partial charge on any atom is -0.271 e. The Morgan fingerprint density at radius 2 is 1.67 bits per heavy atom. The summed E-state index contributed by atoms with van der Waals surface area (Å²) in [6.45, 7) is 1.88. The zero-order valence-electron chi connectivity index (χ0n) is 8.24. The maximum atomic E-state index is 11.9. The van der Waals surface area contributed by atoms with Gasteiger partial charge in [0.15, 0.2) is 0 Å². The van der Waals surface area contributed by atoms with Crippen LogP contribution in [-0.2, 0) is 0 Å². The number of carbonyl (C=O) groups is 2. The van der Waals surface area contributed by atoms with Crippen molar-refractivity contribution in [3.8, 4) is 0 Å². The lowest BCUT2D eigenvalue weighted by molar-refractivity contribution is 0.0613. The lowest BCUT2D eigenvalue weighted by Gasteiger charge is -2.19. The van der Waals surface area contributed by atoms with Crippen molar-refractivity contribution in [3.05, 3.63) is 35.4 Å². The van der Waals surface area contributed by atoms with Crippen LogP contribution in [0.5, 0.6) is 0 Å². The Labute approximate surface area is 102 Å². The summed E-state index contributed by atoms with van der Waals surface area (Å²) in [7, 11) is 0. The molecule has 1 atom stereocenters. The predicted octanol–water partition coefficient (Wildman–Crippen LogP) is 2.11. The Morgan fingerprint density at radius 3 is 2.07 bits per heavy atom. The molecular formula is C11H10INO2. The molecule has 4 heteroatoms. The molecule has 3 nitrogen and oxygen atoms in total. The number of halogens is 1. The van der Waals surface area contributed by atoms with E-state index < -0.39 is 0 Å². The highest BCUT2D eigenvalue weighted by Gasteiger charge is 2.37. The number of hydrogen-bond donors (Lipinski definition) is 0. The first-order valence-electron chi connectivity index (χ1n) is 4.69. The third kappa shape index (κ3) is 1.56. The standard InChI is InChI=1S/C11H10INO2/c1-7(6-12)13-10(14)8-4-2-3-5-9(8)11(13)15/h2-5,7H,6H2,1H3. The van der Waals surface area contributed by atoms with Crippen molar-refractivity contribution in [2.45, 2.75) is 13.0 Å². The van der Waals surface area contributed by atoms with Gasteiger partial charge in [-0.25, -0.2) is 0 Å². The second kappa shape index (κ2) is 3.92. The maximum Gasteiger partial charge on any atom is 0.261 e. The molecule has 0 spiro atoms. The minimum absolute atomic E-state index is 0.0435. The number of fused-ring (bicyclic) bond motifs is 1. The molecule has 1 aromatic carbocycles. The largest absolute Gasteiger partial charge is 0.271 e. The van der Waals surface area contributed by atoms with Gasteiger partial charge in [-0.2, -0.15) is 0 Å². The average Bonchev–Trinajstić information content (AvgIpc) is 2.52. The number of nitrogens with zero attached hydrogens (tertiary/aromatic N) is 1. The molecule has 0 saturated heterocycles. The van der Waals surface area contributed by atoms with E-state index in [-0.39, 0.29) is 17.9 Å². The zero-order valence-corrected chi connectivity index (χ0v) is 10.4. The van der Waals surface area contributed by atoms with Crippen molar-refractivity contribution in [1.82, 2.24) is 4.90 Å². The van der Waals surface area contributed by atoms with Crippen LogP contribution in [0.2, 0.25) is 0 Å². The molecule has 1 unspecified atom stereocenters. The van der Waals surface area contributed by atoms with Crippen LogP contribution < -0.4 is 0 Å². The highest BCUT2D eigenvalue weighted by molar-refractivity contribution is 14.1. The van der Waals surface area contributed by atoms with Gasteiger partial charge in [-0.1, -0.05) is 34.7 Å². The molecular weight excluding hydrogens is 305 g/mol. The first-order valence-corrected chi connectivity index (χ1v) is 6.22. The number of imide groups is 1. The molecule has 15 heavy (non-hydrogen) atoms. The summed E-state index contributed by atoms with van der Waals surface area (Å²) in [5, 5.41) is 0. The fraction of sp³-hybridized carbons (Fsp3) is 0.273. The molecule has 0 bridgehead atoms. The molecule has 0 fully saturated rings. The second-order valence-corrected chi connectivity index (χ2v) is 4.41. The van der Waals surface area contributed by atoms with Crippen molar-refractivity contribution in [3.63, 3.8) is 0 Å². The molecule has 0 N–H and O–H groups in total. The third-order valence-electron chi connectivity index (χ3n) is 2.49. The molecule has 0 saturated carbocycles. The fourth-order valence-electron chi connectivity index (χ4n) is 1.68. The number of benzene rings is 1. The predicted molar refractivity (Wildman–Crippen MR) is 65.3 cm³/mol. The Morgan fingerprint density at radius 1 is 1.20 bits per heavy atom. The van der Waals surface area contributed by atoms with E-state index in [4.69, 9.17) is 0 Å². The molecule has 1 aliphatic rings. The molecule has 0 radical (unpaired) electrons. The normalized spacial score (nSPS) is 16.8. The number of carbonyl (C=O) groups excluding carboxylic acids is 2. The van der Waals surface area contributed by atoms with Gasteiger partial charge in [0.1, 0.15) is 0 Å². The van der Waals surface area contributed by atoms with Crippen LogP contribution in [0.4, 0.5) is 0 Å². The summed E-state index contributed by atoms with van der Waals surface area (Å²) in [5.41, 5.74) is 1.05. The molecule has 1 aliphatic heterocycles. The van der Waals surface area contributed by atoms with Crippen molar-refractivity contribution in [2.24, 2.45) is 0 Å². The van der Waals surface area contributed by atoms with Gasteiger partial charge in [0.25, 0.3) is 11.8 Å². The van der Waals surface area contributed by atoms with E-state index in [9.17, 15) is 9.59 Å². The molecule has 78 valence electrons. The van der Waals surface area contributed by atoms with E-state index in [0.29, 0.717) is 11.1 Å². The van der Waals surface area contributed by atoms with E-state index in [1.807, 2.05) is 6.92 Å². The van der Waals surface area contributed by atoms with Crippen LogP contribution in [0.15, 0.2) is 24.3 Å². The summed E-state index contributed by atoms with van der Waals surface area (Å²) in [6.07, 6.45) is 0. The molecule has 0 aromatic heterocycles. The van der Waals surface area contributed by atoms with Crippen LogP contribution in [0.3, 0.4) is 0 Å². The van der Waals surface area contributed by atoms with Crippen LogP contribution in [0, 0.1) is 0 Å². The van der Waals surface area contributed by atoms with Gasteiger partial charge in [-0.3, -0.25) is 14.5 Å². The van der Waals surface area contributed by atoms with Crippen molar-refractivity contribution >= 4 is 34.4 Å². The smallest absolute Gasteiger partial charge is 0.261 e. The molecule has 1 heterocycles. The summed E-state index contributed by atoms with van der Waals surface area (Å²) in [6, 6.07) is 6.92. The SMILES string of the molecule is CC(CI)N1C(=O)c2ccccc2C1=O. The van der Waals surface area contributed by atoms with Gasteiger partial charge in [-0.05, 0) is 19.1 Å². The van der Waals surface area contributed by atoms with E-state index in [1.54, 1.807) is 24.3 Å². The van der Waals surface area contributed by atoms with E-state index in [2.05, 4.69) is 22.6 Å². The third-order valence-corrected chi connectivity index (χ3v) is 3.76. The Bertz CT molecular complexity index is 395. The van der Waals surface area contributed by atoms with Gasteiger partial charge in [0.2, 0.25) is 0 Å². The molecule has 1 aromatic rings. The van der Waals surface area contributed by atoms with Crippen molar-refractivity contribution < 1.29 is 9.59 Å². The number of alkyl halides is 1. The van der Waals surface area contributed by atoms with Crippen LogP contribution >= 0.6 is 22.6 Å². The van der Waals surface area contributed by atoms with Gasteiger partial charge in [0, 0.05) is 10.5 Å². The van der Waals surface area contributed by atoms with Crippen molar-refractivity contribution in [1.29, 1.82) is 0 Å². The first kappa shape index (κ1) is 10.6. The Balaban J connectivity index is 2.45. The zero-order chi connectivity index (χ0) is 11.0. The number of rotatable bonds is 2. The first-order chi connectivity index (χ1) is 7.16. The van der Waals surface area contributed by atoms with Gasteiger partial charge >= 0.3 is 0 Å². The monoisotopic (exact) mass is 315 g/mol. The van der Waals surface area contributed by atoms with Gasteiger partial charge < -0.3 is 0 Å². The summed E-state index contributed by atoms with van der Waals surface area (Å²) in [5.74, 6) is -0.334. The quantitative estimate of drug-likeness (QED) is 0.476. The number of hydrogen-bond acceptors (Lipinski definition) is 2. The van der Waals surface area contributed by atoms with E-state index in [1.165, 1.54) is 4.90 Å². The Kier molecular flexibility index (Phi) is 2.77. The van der Waals surface area contributed by atoms with Gasteiger partial charge in [-0.15, -0.1) is 0 Å². The van der Waals surface area contributed by atoms with Crippen molar-refractivity contribution in [2.75, 3.05) is 4.43 Å². The van der Waals surface area contributed by atoms with Crippen LogP contribution in [-0.4, -0.2) is 27.2 Å². The fourth-order valence-corrected chi connectivity index (χ4v) is 2.07. The second-order valence-electron chi connectivity index (χ2n) is 3.53. The average molecular weight is 315 g/mol. The summed E-state index contributed by atoms with van der Waals surface area (Å²) >= 11 is 2.18. The highest BCUT2D eigenvalue weighted by atomic mass is 127. The maximum absolute atomic E-state index is 11.9. The Hall–Kier alpha value is -0.910. The lowest BCUT2D eigenvalue weighted by Crippen LogP contribution is -2.38. The molecule has 2 amide bonds. The van der Waals surface area contributed by atoms with Crippen LogP contribution in [0.1, 0.15) is 27.6 Å². The highest BCUT2D eigenvalue weighted by Crippen LogP contribution is 2.24. The van der Waals surface area contributed by atoms with E-state index >= 15 is 0 Å². The summed E-state index contributed by atoms with van der Waals surface area (Å²) in [4.78, 5) is 25.2. The number of amides is 2. The molecule has 0 aliphatic carbocycles. The lowest BCUT2D eigenvalue weighted by atomic mass is 10.1. The van der Waals surface area contributed by atoms with Gasteiger partial charge in [0.05, 0.1) is 11.1 Å².